The second-order valence-electron chi connectivity index (χ2n) is 5.15. The zero-order chi connectivity index (χ0) is 17.6. The van der Waals surface area contributed by atoms with Gasteiger partial charge in [-0.3, -0.25) is 9.78 Å². The Hall–Kier alpha value is -2.48. The van der Waals surface area contributed by atoms with E-state index < -0.39 is 12.8 Å². The number of rotatable bonds is 6. The van der Waals surface area contributed by atoms with Gasteiger partial charge in [0.05, 0.1) is 18.5 Å². The molecule has 0 unspecified atom stereocenters. The third kappa shape index (κ3) is 5.96. The third-order valence-corrected chi connectivity index (χ3v) is 3.02. The summed E-state index contributed by atoms with van der Waals surface area (Å²) in [6, 6.07) is 6.74. The number of carbonyl (C=O) groups is 1. The summed E-state index contributed by atoms with van der Waals surface area (Å²) >= 11 is 0. The zero-order valence-corrected chi connectivity index (χ0v) is 12.9. The van der Waals surface area contributed by atoms with Crippen LogP contribution in [0.2, 0.25) is 0 Å². The van der Waals surface area contributed by atoms with Gasteiger partial charge in [0.25, 0.3) is 5.91 Å². The molecule has 1 amide bonds. The second kappa shape index (κ2) is 7.87. The fraction of sp³-hybridized carbons (Fsp3) is 0.312. The number of amides is 1. The monoisotopic (exact) mass is 339 g/mol. The van der Waals surface area contributed by atoms with E-state index in [1.54, 1.807) is 31.2 Å². The third-order valence-electron chi connectivity index (χ3n) is 3.02. The van der Waals surface area contributed by atoms with Crippen molar-refractivity contribution in [1.29, 1.82) is 0 Å². The van der Waals surface area contributed by atoms with Crippen LogP contribution >= 0.6 is 0 Å². The normalized spacial score (nSPS) is 11.3. The highest BCUT2D eigenvalue weighted by atomic mass is 19.4. The Balaban J connectivity index is 1.81. The first-order chi connectivity index (χ1) is 11.3. The van der Waals surface area contributed by atoms with Gasteiger partial charge in [-0.05, 0) is 18.1 Å². The summed E-state index contributed by atoms with van der Waals surface area (Å²) in [5.41, 5.74) is 2.37. The molecule has 0 atom stereocenters. The zero-order valence-electron chi connectivity index (χ0n) is 12.9. The molecule has 0 spiro atoms. The molecule has 0 aliphatic heterocycles. The molecule has 0 fully saturated rings. The van der Waals surface area contributed by atoms with Crippen LogP contribution < -0.4 is 5.32 Å². The van der Waals surface area contributed by atoms with E-state index in [-0.39, 0.29) is 24.8 Å². The van der Waals surface area contributed by atoms with Crippen molar-refractivity contribution in [2.45, 2.75) is 26.3 Å². The van der Waals surface area contributed by atoms with Crippen LogP contribution in [0.3, 0.4) is 0 Å². The van der Waals surface area contributed by atoms with Gasteiger partial charge < -0.3 is 10.1 Å². The lowest BCUT2D eigenvalue weighted by Gasteiger charge is -2.09. The molecule has 2 rings (SSSR count). The maximum atomic E-state index is 12.0. The minimum Gasteiger partial charge on any atom is -0.367 e. The summed E-state index contributed by atoms with van der Waals surface area (Å²) < 4.78 is 40.5. The van der Waals surface area contributed by atoms with E-state index in [4.69, 9.17) is 0 Å². The van der Waals surface area contributed by atoms with E-state index in [1.807, 2.05) is 0 Å². The van der Waals surface area contributed by atoms with Crippen molar-refractivity contribution < 1.29 is 22.7 Å². The predicted molar refractivity (Wildman–Crippen MR) is 80.1 cm³/mol. The number of nitrogens with zero attached hydrogens (tertiary/aromatic N) is 2. The van der Waals surface area contributed by atoms with Crippen LogP contribution in [0.1, 0.15) is 27.3 Å². The lowest BCUT2D eigenvalue weighted by Crippen LogP contribution is -2.24. The number of aromatic nitrogens is 2. The van der Waals surface area contributed by atoms with E-state index >= 15 is 0 Å². The van der Waals surface area contributed by atoms with E-state index in [0.29, 0.717) is 5.56 Å². The lowest BCUT2D eigenvalue weighted by molar-refractivity contribution is -0.176. The van der Waals surface area contributed by atoms with Crippen molar-refractivity contribution >= 4 is 5.91 Å². The van der Waals surface area contributed by atoms with Gasteiger partial charge in [0.1, 0.15) is 12.3 Å². The quantitative estimate of drug-likeness (QED) is 0.879. The van der Waals surface area contributed by atoms with Crippen LogP contribution in [0.4, 0.5) is 13.2 Å². The summed E-state index contributed by atoms with van der Waals surface area (Å²) in [4.78, 5) is 19.9. The molecule has 0 bridgehead atoms. The minimum absolute atomic E-state index is 0.120. The molecule has 0 saturated carbocycles. The Morgan fingerprint density at radius 1 is 1.12 bits per heavy atom. The molecule has 1 heterocycles. The fourth-order valence-electron chi connectivity index (χ4n) is 1.82. The average molecular weight is 339 g/mol. The summed E-state index contributed by atoms with van der Waals surface area (Å²) in [6.45, 7) is 0.653. The average Bonchev–Trinajstić information content (AvgIpc) is 2.53. The van der Waals surface area contributed by atoms with Gasteiger partial charge in [-0.1, -0.05) is 24.3 Å². The molecule has 0 aliphatic carbocycles. The fourth-order valence-corrected chi connectivity index (χ4v) is 1.82. The van der Waals surface area contributed by atoms with Gasteiger partial charge in [-0.25, -0.2) is 4.98 Å². The van der Waals surface area contributed by atoms with Crippen LogP contribution in [-0.2, 0) is 17.9 Å². The Morgan fingerprint density at radius 2 is 1.79 bits per heavy atom. The molecule has 1 N–H and O–H groups in total. The van der Waals surface area contributed by atoms with E-state index in [0.717, 1.165) is 11.3 Å². The van der Waals surface area contributed by atoms with Crippen molar-refractivity contribution in [2.75, 3.05) is 6.61 Å². The molecule has 128 valence electrons. The number of carbonyl (C=O) groups excluding carboxylic acids is 1. The maximum Gasteiger partial charge on any atom is 0.411 e. The van der Waals surface area contributed by atoms with Crippen molar-refractivity contribution in [3.05, 3.63) is 59.2 Å². The van der Waals surface area contributed by atoms with Crippen molar-refractivity contribution in [3.63, 3.8) is 0 Å². The summed E-state index contributed by atoms with van der Waals surface area (Å²) in [5.74, 6) is -0.347. The van der Waals surface area contributed by atoms with Gasteiger partial charge in [0.15, 0.2) is 0 Å². The van der Waals surface area contributed by atoms with Crippen LogP contribution in [-0.4, -0.2) is 28.7 Å². The lowest BCUT2D eigenvalue weighted by atomic mass is 10.1. The summed E-state index contributed by atoms with van der Waals surface area (Å²) in [7, 11) is 0. The Morgan fingerprint density at radius 3 is 2.38 bits per heavy atom. The smallest absolute Gasteiger partial charge is 0.367 e. The van der Waals surface area contributed by atoms with Crippen LogP contribution in [0.25, 0.3) is 0 Å². The van der Waals surface area contributed by atoms with Crippen molar-refractivity contribution in [1.82, 2.24) is 15.3 Å². The molecule has 24 heavy (non-hydrogen) atoms. The molecule has 0 saturated heterocycles. The molecule has 8 heteroatoms. The first kappa shape index (κ1) is 17.9. The molecular formula is C16H16F3N3O2. The topological polar surface area (TPSA) is 64.1 Å². The number of nitrogens with one attached hydrogen (secondary N) is 1. The number of benzene rings is 1. The van der Waals surface area contributed by atoms with Gasteiger partial charge in [0, 0.05) is 12.7 Å². The first-order valence-corrected chi connectivity index (χ1v) is 7.12. The SMILES string of the molecule is Cc1cnc(C(=O)NCc2ccc(COCC(F)(F)F)cc2)cn1. The highest BCUT2D eigenvalue weighted by molar-refractivity contribution is 5.91. The summed E-state index contributed by atoms with van der Waals surface area (Å²) in [6.07, 6.45) is -1.43. The highest BCUT2D eigenvalue weighted by Gasteiger charge is 2.27. The number of halogens is 3. The predicted octanol–water partition coefficient (Wildman–Crippen LogP) is 2.79. The minimum atomic E-state index is -4.33. The van der Waals surface area contributed by atoms with Crippen LogP contribution in [0, 0.1) is 6.92 Å². The molecule has 5 nitrogen and oxygen atoms in total. The van der Waals surface area contributed by atoms with Gasteiger partial charge >= 0.3 is 6.18 Å². The van der Waals surface area contributed by atoms with Crippen molar-refractivity contribution in [3.8, 4) is 0 Å². The highest BCUT2D eigenvalue weighted by Crippen LogP contribution is 2.15. The molecule has 1 aromatic heterocycles. The molecular weight excluding hydrogens is 323 g/mol. The van der Waals surface area contributed by atoms with E-state index in [9.17, 15) is 18.0 Å². The van der Waals surface area contributed by atoms with Gasteiger partial charge in [0.2, 0.25) is 0 Å². The van der Waals surface area contributed by atoms with Gasteiger partial charge in [-0.15, -0.1) is 0 Å². The Kier molecular flexibility index (Phi) is 5.86. The maximum absolute atomic E-state index is 12.0. The number of hydrogen-bond donors (Lipinski definition) is 1. The first-order valence-electron chi connectivity index (χ1n) is 7.12. The molecule has 0 aliphatic rings. The molecule has 0 radical (unpaired) electrons. The second-order valence-corrected chi connectivity index (χ2v) is 5.15. The number of ether oxygens (including phenoxy) is 1. The van der Waals surface area contributed by atoms with Crippen molar-refractivity contribution in [2.24, 2.45) is 0 Å². The van der Waals surface area contributed by atoms with Gasteiger partial charge in [-0.2, -0.15) is 13.2 Å². The van der Waals surface area contributed by atoms with Crippen LogP contribution in [0.5, 0.6) is 0 Å². The van der Waals surface area contributed by atoms with E-state index in [1.165, 1.54) is 12.4 Å². The Bertz CT molecular complexity index is 670. The largest absolute Gasteiger partial charge is 0.411 e. The van der Waals surface area contributed by atoms with E-state index in [2.05, 4.69) is 20.0 Å². The number of hydrogen-bond acceptors (Lipinski definition) is 4. The standard InChI is InChI=1S/C16H16F3N3O2/c1-11-6-21-14(8-20-11)15(23)22-7-12-2-4-13(5-3-12)9-24-10-16(17,18)19/h2-6,8H,7,9-10H2,1H3,(H,22,23). The molecule has 2 aromatic rings. The Labute approximate surface area is 136 Å². The van der Waals surface area contributed by atoms with Crippen LogP contribution in [0.15, 0.2) is 36.7 Å². The number of aryl methyl sites for hydroxylation is 1. The summed E-state index contributed by atoms with van der Waals surface area (Å²) in [5, 5.41) is 2.70. The number of alkyl halides is 3. The molecule has 1 aromatic carbocycles.